The summed E-state index contributed by atoms with van der Waals surface area (Å²) in [5.41, 5.74) is 2.77. The van der Waals surface area contributed by atoms with Crippen LogP contribution in [-0.2, 0) is 0 Å². The lowest BCUT2D eigenvalue weighted by Crippen LogP contribution is -2.15. The second-order valence-corrected chi connectivity index (χ2v) is 4.91. The molecule has 0 N–H and O–H groups in total. The molecular weight excluding hydrogens is 224 g/mol. The van der Waals surface area contributed by atoms with E-state index in [1.165, 1.54) is 0 Å². The number of ketones is 1. The Hall–Kier alpha value is -2.13. The first kappa shape index (κ1) is 12.3. The molecule has 18 heavy (non-hydrogen) atoms. The highest BCUT2D eigenvalue weighted by atomic mass is 16.1. The molecular formula is C15H14N2O. The SMILES string of the molecule is Cc1cc(C(=O)C(C#N)C2CC2)cc(C)c1C#N. The molecule has 1 aromatic rings. The second kappa shape index (κ2) is 4.63. The molecule has 1 aromatic carbocycles. The van der Waals surface area contributed by atoms with Gasteiger partial charge in [0.25, 0.3) is 0 Å². The van der Waals surface area contributed by atoms with E-state index in [4.69, 9.17) is 10.5 Å². The summed E-state index contributed by atoms with van der Waals surface area (Å²) in [5, 5.41) is 18.1. The van der Waals surface area contributed by atoms with E-state index in [-0.39, 0.29) is 11.7 Å². The van der Waals surface area contributed by atoms with Crippen LogP contribution in [0.2, 0.25) is 0 Å². The fourth-order valence-electron chi connectivity index (χ4n) is 2.27. The fourth-order valence-corrected chi connectivity index (χ4v) is 2.27. The van der Waals surface area contributed by atoms with Gasteiger partial charge >= 0.3 is 0 Å². The van der Waals surface area contributed by atoms with Crippen LogP contribution in [0.5, 0.6) is 0 Å². The van der Waals surface area contributed by atoms with Crippen LogP contribution in [0.4, 0.5) is 0 Å². The largest absolute Gasteiger partial charge is 0.293 e. The third-order valence-corrected chi connectivity index (χ3v) is 3.44. The zero-order valence-electron chi connectivity index (χ0n) is 10.5. The molecule has 0 bridgehead atoms. The van der Waals surface area contributed by atoms with E-state index in [1.54, 1.807) is 12.1 Å². The summed E-state index contributed by atoms with van der Waals surface area (Å²) >= 11 is 0. The van der Waals surface area contributed by atoms with Crippen molar-refractivity contribution in [2.45, 2.75) is 26.7 Å². The van der Waals surface area contributed by atoms with Gasteiger partial charge < -0.3 is 0 Å². The van der Waals surface area contributed by atoms with Crippen LogP contribution in [0.1, 0.15) is 39.9 Å². The summed E-state index contributed by atoms with van der Waals surface area (Å²) in [7, 11) is 0. The highest BCUT2D eigenvalue weighted by Gasteiger charge is 2.36. The number of carbonyl (C=O) groups is 1. The average molecular weight is 238 g/mol. The normalized spacial score (nSPS) is 15.6. The minimum absolute atomic E-state index is 0.101. The molecule has 0 saturated heterocycles. The van der Waals surface area contributed by atoms with E-state index in [0.717, 1.165) is 24.0 Å². The van der Waals surface area contributed by atoms with Crippen molar-refractivity contribution in [2.24, 2.45) is 11.8 Å². The van der Waals surface area contributed by atoms with Crippen molar-refractivity contribution in [3.05, 3.63) is 34.4 Å². The molecule has 0 aromatic heterocycles. The Kier molecular flexibility index (Phi) is 3.17. The van der Waals surface area contributed by atoms with Gasteiger partial charge in [-0.2, -0.15) is 10.5 Å². The molecule has 1 atom stereocenters. The van der Waals surface area contributed by atoms with Gasteiger partial charge in [0.1, 0.15) is 5.92 Å². The van der Waals surface area contributed by atoms with Gasteiger partial charge in [-0.3, -0.25) is 4.79 Å². The molecule has 1 aliphatic rings. The third kappa shape index (κ3) is 2.13. The van der Waals surface area contributed by atoms with Crippen molar-refractivity contribution >= 4 is 5.78 Å². The number of rotatable bonds is 3. The number of hydrogen-bond acceptors (Lipinski definition) is 3. The summed E-state index contributed by atoms with van der Waals surface area (Å²) in [6.07, 6.45) is 1.94. The molecule has 0 amide bonds. The van der Waals surface area contributed by atoms with Crippen molar-refractivity contribution in [3.8, 4) is 12.1 Å². The molecule has 2 rings (SSSR count). The molecule has 1 aliphatic carbocycles. The Morgan fingerprint density at radius 2 is 1.83 bits per heavy atom. The molecule has 90 valence electrons. The maximum atomic E-state index is 12.3. The molecule has 1 fully saturated rings. The zero-order valence-corrected chi connectivity index (χ0v) is 10.5. The molecule has 0 aliphatic heterocycles. The Bertz CT molecular complexity index is 562. The first-order chi connectivity index (χ1) is 8.58. The molecule has 3 heteroatoms. The summed E-state index contributed by atoms with van der Waals surface area (Å²) in [6, 6.07) is 7.69. The highest BCUT2D eigenvalue weighted by Crippen LogP contribution is 2.38. The summed E-state index contributed by atoms with van der Waals surface area (Å²) < 4.78 is 0. The lowest BCUT2D eigenvalue weighted by molar-refractivity contribution is 0.0937. The van der Waals surface area contributed by atoms with Crippen molar-refractivity contribution in [2.75, 3.05) is 0 Å². The van der Waals surface area contributed by atoms with Crippen LogP contribution >= 0.6 is 0 Å². The number of benzene rings is 1. The predicted octanol–water partition coefficient (Wildman–Crippen LogP) is 2.91. The van der Waals surface area contributed by atoms with Gasteiger partial charge in [0.05, 0.1) is 17.7 Å². The number of aryl methyl sites for hydroxylation is 2. The smallest absolute Gasteiger partial charge is 0.180 e. The van der Waals surface area contributed by atoms with Gasteiger partial charge in [-0.25, -0.2) is 0 Å². The predicted molar refractivity (Wildman–Crippen MR) is 66.8 cm³/mol. The Balaban J connectivity index is 2.38. The highest BCUT2D eigenvalue weighted by molar-refractivity contribution is 6.00. The Morgan fingerprint density at radius 3 is 2.22 bits per heavy atom. The molecule has 0 spiro atoms. The number of hydrogen-bond donors (Lipinski definition) is 0. The van der Waals surface area contributed by atoms with E-state index >= 15 is 0 Å². The van der Waals surface area contributed by atoms with Gasteiger partial charge in [-0.1, -0.05) is 0 Å². The van der Waals surface area contributed by atoms with Crippen molar-refractivity contribution in [3.63, 3.8) is 0 Å². The van der Waals surface area contributed by atoms with E-state index in [2.05, 4.69) is 12.1 Å². The summed E-state index contributed by atoms with van der Waals surface area (Å²) in [5.74, 6) is -0.383. The first-order valence-corrected chi connectivity index (χ1v) is 6.03. The van der Waals surface area contributed by atoms with Crippen LogP contribution in [-0.4, -0.2) is 5.78 Å². The van der Waals surface area contributed by atoms with E-state index in [9.17, 15) is 4.79 Å². The van der Waals surface area contributed by atoms with E-state index < -0.39 is 5.92 Å². The van der Waals surface area contributed by atoms with Crippen LogP contribution in [0.3, 0.4) is 0 Å². The van der Waals surface area contributed by atoms with Gasteiger partial charge in [0.15, 0.2) is 5.78 Å². The molecule has 0 radical (unpaired) electrons. The molecule has 1 unspecified atom stereocenters. The van der Waals surface area contributed by atoms with Gasteiger partial charge in [0.2, 0.25) is 0 Å². The quantitative estimate of drug-likeness (QED) is 0.760. The topological polar surface area (TPSA) is 64.7 Å². The molecule has 0 heterocycles. The van der Waals surface area contributed by atoms with Crippen LogP contribution in [0.25, 0.3) is 0 Å². The minimum atomic E-state index is -0.517. The summed E-state index contributed by atoms with van der Waals surface area (Å²) in [6.45, 7) is 3.64. The maximum absolute atomic E-state index is 12.3. The minimum Gasteiger partial charge on any atom is -0.293 e. The van der Waals surface area contributed by atoms with Crippen LogP contribution in [0.15, 0.2) is 12.1 Å². The van der Waals surface area contributed by atoms with Crippen molar-refractivity contribution < 1.29 is 4.79 Å². The Labute approximate surface area is 107 Å². The standard InChI is InChI=1S/C15H14N2O/c1-9-5-12(6-10(2)13(9)7-16)15(18)14(8-17)11-3-4-11/h5-6,11,14H,3-4H2,1-2H3. The first-order valence-electron chi connectivity index (χ1n) is 6.03. The van der Waals surface area contributed by atoms with Crippen molar-refractivity contribution in [1.82, 2.24) is 0 Å². The van der Waals surface area contributed by atoms with E-state index in [1.807, 2.05) is 13.8 Å². The average Bonchev–Trinajstić information content (AvgIpc) is 3.14. The molecule has 1 saturated carbocycles. The third-order valence-electron chi connectivity index (χ3n) is 3.44. The van der Waals surface area contributed by atoms with Gasteiger partial charge in [-0.15, -0.1) is 0 Å². The lowest BCUT2D eigenvalue weighted by Gasteiger charge is -2.10. The summed E-state index contributed by atoms with van der Waals surface area (Å²) in [4.78, 5) is 12.3. The number of nitriles is 2. The number of Topliss-reactive ketones (excluding diaryl/α,β-unsaturated/α-hetero) is 1. The monoisotopic (exact) mass is 238 g/mol. The maximum Gasteiger partial charge on any atom is 0.180 e. The van der Waals surface area contributed by atoms with E-state index in [0.29, 0.717) is 11.1 Å². The number of nitrogens with zero attached hydrogens (tertiary/aromatic N) is 2. The second-order valence-electron chi connectivity index (χ2n) is 4.91. The molecule has 3 nitrogen and oxygen atoms in total. The lowest BCUT2D eigenvalue weighted by atomic mass is 9.91. The fraction of sp³-hybridized carbons (Fsp3) is 0.400. The van der Waals surface area contributed by atoms with Gasteiger partial charge in [-0.05, 0) is 55.9 Å². The number of carbonyl (C=O) groups excluding carboxylic acids is 1. The van der Waals surface area contributed by atoms with Crippen LogP contribution < -0.4 is 0 Å². The van der Waals surface area contributed by atoms with Crippen LogP contribution in [0, 0.1) is 48.3 Å². The van der Waals surface area contributed by atoms with Gasteiger partial charge in [0, 0.05) is 5.56 Å². The van der Waals surface area contributed by atoms with Crippen molar-refractivity contribution in [1.29, 1.82) is 10.5 Å². The zero-order chi connectivity index (χ0) is 13.3. The Morgan fingerprint density at radius 1 is 1.28 bits per heavy atom.